The highest BCUT2D eigenvalue weighted by Gasteiger charge is 2.38. The molecule has 0 aliphatic carbocycles. The molecule has 0 unspecified atom stereocenters. The minimum atomic E-state index is -0.467. The quantitative estimate of drug-likeness (QED) is 0.796. The van der Waals surface area contributed by atoms with E-state index in [1.807, 2.05) is 20.8 Å². The Balaban J connectivity index is 1.81. The van der Waals surface area contributed by atoms with Gasteiger partial charge in [-0.25, -0.2) is 4.79 Å². The van der Waals surface area contributed by atoms with Gasteiger partial charge in [0.1, 0.15) is 5.60 Å². The van der Waals surface area contributed by atoms with Gasteiger partial charge in [0.15, 0.2) is 5.79 Å². The van der Waals surface area contributed by atoms with Crippen molar-refractivity contribution >= 4 is 6.09 Å². The molecule has 110 valence electrons. The summed E-state index contributed by atoms with van der Waals surface area (Å²) < 4.78 is 16.9. The van der Waals surface area contributed by atoms with Gasteiger partial charge in [0.25, 0.3) is 0 Å². The van der Waals surface area contributed by atoms with E-state index in [1.165, 1.54) is 0 Å². The second-order valence-electron chi connectivity index (χ2n) is 6.41. The normalized spacial score (nSPS) is 32.1. The summed E-state index contributed by atoms with van der Waals surface area (Å²) in [5.74, 6) is -0.385. The van der Waals surface area contributed by atoms with E-state index in [4.69, 9.17) is 14.2 Å². The van der Waals surface area contributed by atoms with Crippen LogP contribution in [0.5, 0.6) is 0 Å². The highest BCUT2D eigenvalue weighted by atomic mass is 16.7. The smallest absolute Gasteiger partial charge is 0.407 e. The molecule has 0 aromatic carbocycles. The maximum atomic E-state index is 11.7. The standard InChI is InChI=1S/C14H25NO4/c1-13(2,3)19-12(16)15-11-6-4-7-14(18-10-11)8-5-9-17-14/h11H,4-10H2,1-3H3,(H,15,16)/t11-,14-/m0/s1. The van der Waals surface area contributed by atoms with E-state index < -0.39 is 5.60 Å². The Labute approximate surface area is 115 Å². The number of amides is 1. The molecule has 1 spiro atoms. The molecule has 0 saturated carbocycles. The number of carbonyl (C=O) groups excluding carboxylic acids is 1. The van der Waals surface area contributed by atoms with Gasteiger partial charge in [0.2, 0.25) is 0 Å². The fourth-order valence-corrected chi connectivity index (χ4v) is 2.60. The molecule has 2 saturated heterocycles. The van der Waals surface area contributed by atoms with Gasteiger partial charge in [-0.15, -0.1) is 0 Å². The molecule has 1 amide bonds. The Bertz CT molecular complexity index is 318. The largest absolute Gasteiger partial charge is 0.444 e. The summed E-state index contributed by atoms with van der Waals surface area (Å²) in [5.41, 5.74) is -0.467. The Hall–Kier alpha value is -0.810. The maximum absolute atomic E-state index is 11.7. The Kier molecular flexibility index (Phi) is 4.36. The zero-order valence-corrected chi connectivity index (χ0v) is 12.2. The van der Waals surface area contributed by atoms with Gasteiger partial charge in [-0.1, -0.05) is 0 Å². The highest BCUT2D eigenvalue weighted by Crippen LogP contribution is 2.34. The molecule has 2 aliphatic heterocycles. The minimum absolute atomic E-state index is 0.0124. The van der Waals surface area contributed by atoms with Gasteiger partial charge in [-0.05, 0) is 40.0 Å². The Morgan fingerprint density at radius 1 is 1.26 bits per heavy atom. The lowest BCUT2D eigenvalue weighted by molar-refractivity contribution is -0.210. The van der Waals surface area contributed by atoms with Crippen molar-refractivity contribution in [2.45, 2.75) is 70.3 Å². The summed E-state index contributed by atoms with van der Waals surface area (Å²) in [6.45, 7) is 6.86. The van der Waals surface area contributed by atoms with E-state index in [-0.39, 0.29) is 17.9 Å². The lowest BCUT2D eigenvalue weighted by Gasteiger charge is -2.27. The van der Waals surface area contributed by atoms with Crippen molar-refractivity contribution in [1.82, 2.24) is 5.32 Å². The molecule has 2 aliphatic rings. The van der Waals surface area contributed by atoms with E-state index in [1.54, 1.807) is 0 Å². The summed E-state index contributed by atoms with van der Waals surface area (Å²) in [5, 5.41) is 2.88. The van der Waals surface area contributed by atoms with Crippen LogP contribution < -0.4 is 5.32 Å². The molecule has 2 atom stereocenters. The molecule has 2 rings (SSSR count). The minimum Gasteiger partial charge on any atom is -0.444 e. The zero-order valence-electron chi connectivity index (χ0n) is 12.2. The van der Waals surface area contributed by atoms with E-state index in [9.17, 15) is 4.79 Å². The lowest BCUT2D eigenvalue weighted by atomic mass is 10.1. The molecule has 2 heterocycles. The van der Waals surface area contributed by atoms with E-state index in [0.717, 1.165) is 38.7 Å². The molecule has 2 fully saturated rings. The van der Waals surface area contributed by atoms with Crippen molar-refractivity contribution in [2.75, 3.05) is 13.2 Å². The summed E-state index contributed by atoms with van der Waals surface area (Å²) in [7, 11) is 0. The van der Waals surface area contributed by atoms with E-state index in [2.05, 4.69) is 5.32 Å². The van der Waals surface area contributed by atoms with Crippen LogP contribution >= 0.6 is 0 Å². The van der Waals surface area contributed by atoms with Gasteiger partial charge in [-0.2, -0.15) is 0 Å². The fraction of sp³-hybridized carbons (Fsp3) is 0.929. The van der Waals surface area contributed by atoms with Crippen LogP contribution in [-0.2, 0) is 14.2 Å². The lowest BCUT2D eigenvalue weighted by Crippen LogP contribution is -2.42. The average Bonchev–Trinajstić information content (AvgIpc) is 2.63. The topological polar surface area (TPSA) is 56.8 Å². The second-order valence-corrected chi connectivity index (χ2v) is 6.41. The Morgan fingerprint density at radius 3 is 2.63 bits per heavy atom. The number of ether oxygens (including phenoxy) is 3. The van der Waals surface area contributed by atoms with Crippen molar-refractivity contribution in [3.8, 4) is 0 Å². The monoisotopic (exact) mass is 271 g/mol. The van der Waals surface area contributed by atoms with Gasteiger partial charge in [0, 0.05) is 12.8 Å². The van der Waals surface area contributed by atoms with Crippen LogP contribution in [0.4, 0.5) is 4.79 Å². The van der Waals surface area contributed by atoms with Gasteiger partial charge < -0.3 is 19.5 Å². The molecule has 5 heteroatoms. The van der Waals surface area contributed by atoms with Gasteiger partial charge >= 0.3 is 6.09 Å². The van der Waals surface area contributed by atoms with Crippen LogP contribution in [0.1, 0.15) is 52.9 Å². The Morgan fingerprint density at radius 2 is 2.00 bits per heavy atom. The summed E-state index contributed by atoms with van der Waals surface area (Å²) >= 11 is 0. The van der Waals surface area contributed by atoms with Crippen molar-refractivity contribution in [3.05, 3.63) is 0 Å². The third-order valence-electron chi connectivity index (χ3n) is 3.45. The molecule has 0 aromatic rings. The van der Waals surface area contributed by atoms with Crippen LogP contribution in [0, 0.1) is 0 Å². The summed E-state index contributed by atoms with van der Waals surface area (Å²) in [6, 6.07) is 0.0124. The number of rotatable bonds is 1. The third kappa shape index (κ3) is 4.35. The first-order valence-electron chi connectivity index (χ1n) is 7.16. The van der Waals surface area contributed by atoms with Crippen LogP contribution in [0.25, 0.3) is 0 Å². The van der Waals surface area contributed by atoms with Crippen LogP contribution in [0.15, 0.2) is 0 Å². The van der Waals surface area contributed by atoms with Gasteiger partial charge in [-0.3, -0.25) is 0 Å². The fourth-order valence-electron chi connectivity index (χ4n) is 2.60. The number of nitrogens with one attached hydrogen (secondary N) is 1. The van der Waals surface area contributed by atoms with Crippen molar-refractivity contribution in [3.63, 3.8) is 0 Å². The number of hydrogen-bond acceptors (Lipinski definition) is 4. The third-order valence-corrected chi connectivity index (χ3v) is 3.45. The molecular formula is C14H25NO4. The van der Waals surface area contributed by atoms with Gasteiger partial charge in [0.05, 0.1) is 19.3 Å². The SMILES string of the molecule is CC(C)(C)OC(=O)N[C@H]1CCC[C@@]2(CCCO2)OC1. The second kappa shape index (κ2) is 5.67. The molecule has 0 bridgehead atoms. The summed E-state index contributed by atoms with van der Waals surface area (Å²) in [4.78, 5) is 11.7. The molecule has 0 radical (unpaired) electrons. The van der Waals surface area contributed by atoms with Crippen molar-refractivity contribution < 1.29 is 19.0 Å². The van der Waals surface area contributed by atoms with Crippen molar-refractivity contribution in [2.24, 2.45) is 0 Å². The van der Waals surface area contributed by atoms with Crippen LogP contribution in [-0.4, -0.2) is 36.7 Å². The molecule has 19 heavy (non-hydrogen) atoms. The van der Waals surface area contributed by atoms with E-state index >= 15 is 0 Å². The molecule has 5 nitrogen and oxygen atoms in total. The maximum Gasteiger partial charge on any atom is 0.407 e. The first-order chi connectivity index (χ1) is 8.89. The molecular weight excluding hydrogens is 246 g/mol. The summed E-state index contributed by atoms with van der Waals surface area (Å²) in [6.07, 6.45) is 4.48. The first-order valence-corrected chi connectivity index (χ1v) is 7.16. The zero-order chi connectivity index (χ0) is 13.9. The van der Waals surface area contributed by atoms with Crippen molar-refractivity contribution in [1.29, 1.82) is 0 Å². The highest BCUT2D eigenvalue weighted by molar-refractivity contribution is 5.68. The number of hydrogen-bond donors (Lipinski definition) is 1. The van der Waals surface area contributed by atoms with E-state index in [0.29, 0.717) is 6.61 Å². The molecule has 0 aromatic heterocycles. The predicted octanol–water partition coefficient (Wildman–Crippen LogP) is 2.59. The molecule has 1 N–H and O–H groups in total. The first kappa shape index (κ1) is 14.6. The number of alkyl carbamates (subject to hydrolysis) is 1. The van der Waals surface area contributed by atoms with Crippen LogP contribution in [0.3, 0.4) is 0 Å². The number of carbonyl (C=O) groups is 1. The predicted molar refractivity (Wildman–Crippen MR) is 70.9 cm³/mol. The average molecular weight is 271 g/mol. The van der Waals surface area contributed by atoms with Crippen LogP contribution in [0.2, 0.25) is 0 Å².